The maximum Gasteiger partial charge on any atom is 0.208 e. The maximum absolute atomic E-state index is 11.9. The number of nitrogens with one attached hydrogen (secondary N) is 1. The van der Waals surface area contributed by atoms with E-state index in [-0.39, 0.29) is 5.78 Å². The van der Waals surface area contributed by atoms with Crippen LogP contribution in [0.5, 0.6) is 0 Å². The van der Waals surface area contributed by atoms with Crippen molar-refractivity contribution >= 4 is 44.8 Å². The number of aromatic amines is 1. The Bertz CT molecular complexity index is 786. The Morgan fingerprint density at radius 2 is 2.13 bits per heavy atom. The van der Waals surface area contributed by atoms with Crippen molar-refractivity contribution in [3.63, 3.8) is 0 Å². The number of aromatic nitrogens is 3. The van der Waals surface area contributed by atoms with E-state index in [9.17, 15) is 4.79 Å². The molecule has 1 N–H and O–H groups in total. The monoisotopic (exact) mass is 407 g/mol. The number of ketones is 1. The summed E-state index contributed by atoms with van der Waals surface area (Å²) in [6.07, 6.45) is 1.38. The number of thioether (sulfide) groups is 1. The summed E-state index contributed by atoms with van der Waals surface area (Å²) in [5.41, 5.74) is 0.986. The van der Waals surface area contributed by atoms with Gasteiger partial charge < -0.3 is 0 Å². The number of benzene rings is 1. The van der Waals surface area contributed by atoms with Crippen LogP contribution in [-0.2, 0) is 0 Å². The fourth-order valence-electron chi connectivity index (χ4n) is 2.04. The summed E-state index contributed by atoms with van der Waals surface area (Å²) >= 11 is 6.57. The molecule has 0 aliphatic carbocycles. The van der Waals surface area contributed by atoms with Gasteiger partial charge in [-0.1, -0.05) is 52.0 Å². The average Bonchev–Trinajstić information content (AvgIpc) is 3.23. The average molecular weight is 408 g/mol. The van der Waals surface area contributed by atoms with Crippen LogP contribution >= 0.6 is 39.0 Å². The van der Waals surface area contributed by atoms with Crippen LogP contribution in [0, 0.1) is 0 Å². The van der Waals surface area contributed by atoms with E-state index in [1.54, 1.807) is 11.8 Å². The summed E-state index contributed by atoms with van der Waals surface area (Å²) in [6.45, 7) is 0. The third-order valence-electron chi connectivity index (χ3n) is 3.17. The number of hydrogen-bond donors (Lipinski definition) is 1. The fourth-order valence-corrected chi connectivity index (χ4v) is 3.95. The molecule has 0 aliphatic heterocycles. The molecule has 0 radical (unpaired) electrons. The standard InChI is InChI=1S/C16H14BrN3OS2/c17-12-6-2-1-5-11(12)15-18-16(20-19-15)23-10-3-7-13(21)14-8-4-9-22-14/h1-2,4-6,8-9H,3,7,10H2,(H,18,19,20). The van der Waals surface area contributed by atoms with Gasteiger partial charge in [-0.25, -0.2) is 4.98 Å². The van der Waals surface area contributed by atoms with Gasteiger partial charge in [-0.15, -0.1) is 16.4 Å². The summed E-state index contributed by atoms with van der Waals surface area (Å²) in [5.74, 6) is 1.78. The topological polar surface area (TPSA) is 58.6 Å². The molecule has 2 heterocycles. The predicted octanol–water partition coefficient (Wildman–Crippen LogP) is 5.05. The van der Waals surface area contributed by atoms with E-state index in [2.05, 4.69) is 31.1 Å². The highest BCUT2D eigenvalue weighted by Gasteiger charge is 2.10. The Morgan fingerprint density at radius 3 is 2.91 bits per heavy atom. The van der Waals surface area contributed by atoms with E-state index in [0.29, 0.717) is 11.6 Å². The van der Waals surface area contributed by atoms with Crippen LogP contribution in [0.25, 0.3) is 11.4 Å². The highest BCUT2D eigenvalue weighted by molar-refractivity contribution is 9.10. The van der Waals surface area contributed by atoms with E-state index in [0.717, 1.165) is 32.9 Å². The van der Waals surface area contributed by atoms with Gasteiger partial charge in [0.2, 0.25) is 5.16 Å². The zero-order valence-corrected chi connectivity index (χ0v) is 15.4. The Labute approximate surface area is 150 Å². The van der Waals surface area contributed by atoms with Crippen LogP contribution in [0.4, 0.5) is 0 Å². The zero-order chi connectivity index (χ0) is 16.1. The number of thiophene rings is 1. The lowest BCUT2D eigenvalue weighted by atomic mass is 10.2. The van der Waals surface area contributed by atoms with Gasteiger partial charge in [0.05, 0.1) is 4.88 Å². The molecule has 1 aromatic carbocycles. The van der Waals surface area contributed by atoms with Gasteiger partial charge in [0, 0.05) is 22.2 Å². The number of rotatable bonds is 7. The molecule has 0 aliphatic rings. The molecule has 0 fully saturated rings. The molecular formula is C16H14BrN3OS2. The Balaban J connectivity index is 1.50. The van der Waals surface area contributed by atoms with Crippen LogP contribution in [0.1, 0.15) is 22.5 Å². The predicted molar refractivity (Wildman–Crippen MR) is 98.1 cm³/mol. The second-order valence-corrected chi connectivity index (χ2v) is 7.66. The van der Waals surface area contributed by atoms with E-state index >= 15 is 0 Å². The Hall–Kier alpha value is -1.44. The molecule has 0 unspecified atom stereocenters. The third-order valence-corrected chi connectivity index (χ3v) is 5.71. The lowest BCUT2D eigenvalue weighted by Crippen LogP contribution is -1.96. The molecule has 0 amide bonds. The molecular weight excluding hydrogens is 394 g/mol. The molecule has 3 rings (SSSR count). The summed E-state index contributed by atoms with van der Waals surface area (Å²) in [6, 6.07) is 11.7. The van der Waals surface area contributed by atoms with Crippen LogP contribution in [0.15, 0.2) is 51.4 Å². The minimum Gasteiger partial charge on any atom is -0.293 e. The van der Waals surface area contributed by atoms with Crippen molar-refractivity contribution in [3.8, 4) is 11.4 Å². The molecule has 0 saturated carbocycles. The molecule has 0 saturated heterocycles. The molecule has 3 aromatic rings. The van der Waals surface area contributed by atoms with Gasteiger partial charge in [-0.3, -0.25) is 9.89 Å². The van der Waals surface area contributed by atoms with Crippen molar-refractivity contribution < 1.29 is 4.79 Å². The van der Waals surface area contributed by atoms with Crippen LogP contribution in [0.3, 0.4) is 0 Å². The number of H-pyrrole nitrogens is 1. The smallest absolute Gasteiger partial charge is 0.208 e. The van der Waals surface area contributed by atoms with E-state index < -0.39 is 0 Å². The van der Waals surface area contributed by atoms with Crippen molar-refractivity contribution in [1.29, 1.82) is 0 Å². The highest BCUT2D eigenvalue weighted by atomic mass is 79.9. The first-order valence-corrected chi connectivity index (χ1v) is 9.76. The zero-order valence-electron chi connectivity index (χ0n) is 12.2. The van der Waals surface area contributed by atoms with E-state index in [1.807, 2.05) is 41.8 Å². The Morgan fingerprint density at radius 1 is 1.26 bits per heavy atom. The normalized spacial score (nSPS) is 10.8. The minimum absolute atomic E-state index is 0.212. The maximum atomic E-state index is 11.9. The lowest BCUT2D eigenvalue weighted by molar-refractivity contribution is 0.0986. The van der Waals surface area contributed by atoms with Crippen molar-refractivity contribution in [2.24, 2.45) is 0 Å². The number of nitrogens with zero attached hydrogens (tertiary/aromatic N) is 2. The number of Topliss-reactive ketones (excluding diaryl/α,β-unsaturated/α-hetero) is 1. The number of hydrogen-bond acceptors (Lipinski definition) is 5. The number of carbonyl (C=O) groups excluding carboxylic acids is 1. The first kappa shape index (κ1) is 16.4. The van der Waals surface area contributed by atoms with E-state index in [1.165, 1.54) is 11.3 Å². The summed E-state index contributed by atoms with van der Waals surface area (Å²) in [4.78, 5) is 17.2. The molecule has 0 bridgehead atoms. The number of halogens is 1. The molecule has 7 heteroatoms. The van der Waals surface area contributed by atoms with Crippen molar-refractivity contribution in [3.05, 3.63) is 51.1 Å². The van der Waals surface area contributed by atoms with Gasteiger partial charge in [0.15, 0.2) is 11.6 Å². The van der Waals surface area contributed by atoms with Gasteiger partial charge in [0.25, 0.3) is 0 Å². The first-order chi connectivity index (χ1) is 11.2. The molecule has 0 atom stereocenters. The van der Waals surface area contributed by atoms with Crippen LogP contribution in [0.2, 0.25) is 0 Å². The van der Waals surface area contributed by atoms with E-state index in [4.69, 9.17) is 0 Å². The second-order valence-electron chi connectivity index (χ2n) is 4.80. The molecule has 0 spiro atoms. The second kappa shape index (κ2) is 7.90. The minimum atomic E-state index is 0.212. The summed E-state index contributed by atoms with van der Waals surface area (Å²) in [5, 5.41) is 9.82. The first-order valence-electron chi connectivity index (χ1n) is 7.11. The van der Waals surface area contributed by atoms with Crippen LogP contribution in [-0.4, -0.2) is 26.7 Å². The van der Waals surface area contributed by atoms with Gasteiger partial charge in [0.1, 0.15) is 0 Å². The highest BCUT2D eigenvalue weighted by Crippen LogP contribution is 2.26. The Kier molecular flexibility index (Phi) is 5.64. The van der Waals surface area contributed by atoms with Gasteiger partial charge in [-0.05, 0) is 23.9 Å². The van der Waals surface area contributed by atoms with Crippen molar-refractivity contribution in [1.82, 2.24) is 15.2 Å². The number of carbonyl (C=O) groups is 1. The molecule has 118 valence electrons. The van der Waals surface area contributed by atoms with Crippen molar-refractivity contribution in [2.45, 2.75) is 18.0 Å². The lowest BCUT2D eigenvalue weighted by Gasteiger charge is -1.98. The SMILES string of the molecule is O=C(CCCSc1n[nH]c(-c2ccccc2Br)n1)c1cccs1. The molecule has 4 nitrogen and oxygen atoms in total. The third kappa shape index (κ3) is 4.31. The fraction of sp³-hybridized carbons (Fsp3) is 0.188. The summed E-state index contributed by atoms with van der Waals surface area (Å²) in [7, 11) is 0. The van der Waals surface area contributed by atoms with Gasteiger partial charge in [-0.2, -0.15) is 0 Å². The largest absolute Gasteiger partial charge is 0.293 e. The molecule has 2 aromatic heterocycles. The summed E-state index contributed by atoms with van der Waals surface area (Å²) < 4.78 is 0.981. The van der Waals surface area contributed by atoms with Gasteiger partial charge >= 0.3 is 0 Å². The van der Waals surface area contributed by atoms with Crippen LogP contribution < -0.4 is 0 Å². The van der Waals surface area contributed by atoms with Crippen molar-refractivity contribution in [2.75, 3.05) is 5.75 Å². The molecule has 23 heavy (non-hydrogen) atoms. The quantitative estimate of drug-likeness (QED) is 0.338.